The molecule has 21 heavy (non-hydrogen) atoms. The van der Waals surface area contributed by atoms with Gasteiger partial charge in [-0.2, -0.15) is 0 Å². The number of benzene rings is 2. The summed E-state index contributed by atoms with van der Waals surface area (Å²) < 4.78 is 19.6. The van der Waals surface area contributed by atoms with E-state index in [-0.39, 0.29) is 11.9 Å². The van der Waals surface area contributed by atoms with E-state index < -0.39 is 0 Å². The lowest BCUT2D eigenvalue weighted by molar-refractivity contribution is 0.409. The van der Waals surface area contributed by atoms with Crippen LogP contribution in [0, 0.1) is 5.82 Å². The second kappa shape index (κ2) is 6.59. The summed E-state index contributed by atoms with van der Waals surface area (Å²) in [5.74, 6) is 0.533. The maximum absolute atomic E-state index is 14.2. The molecule has 2 N–H and O–H groups in total. The Labute approximate surface area is 125 Å². The molecule has 0 aliphatic rings. The van der Waals surface area contributed by atoms with E-state index in [4.69, 9.17) is 10.5 Å². The van der Waals surface area contributed by atoms with Gasteiger partial charge in [0.1, 0.15) is 11.6 Å². The fraction of sp³-hybridized carbons (Fsp3) is 0.294. The second-order valence-corrected chi connectivity index (χ2v) is 5.13. The number of nitrogens with two attached hydrogens (primary N) is 1. The lowest BCUT2D eigenvalue weighted by Crippen LogP contribution is -2.22. The molecule has 3 nitrogen and oxygen atoms in total. The average Bonchev–Trinajstić information content (AvgIpc) is 2.47. The van der Waals surface area contributed by atoms with E-state index in [9.17, 15) is 4.39 Å². The van der Waals surface area contributed by atoms with Crippen LogP contribution in [0.4, 0.5) is 10.1 Å². The van der Waals surface area contributed by atoms with Crippen LogP contribution in [0.1, 0.15) is 24.1 Å². The molecule has 2 aromatic carbocycles. The zero-order chi connectivity index (χ0) is 15.4. The lowest BCUT2D eigenvalue weighted by Gasteiger charge is -2.25. The standard InChI is InChI=1S/C17H21FN2O/c1-12(19)14-8-6-9-15(18)17(14)20(2)11-13-7-4-5-10-16(13)21-3/h4-10,12H,11,19H2,1-3H3/t12-/m1/s1. The van der Waals surface area contributed by atoms with Crippen molar-refractivity contribution in [2.24, 2.45) is 5.73 Å². The monoisotopic (exact) mass is 288 g/mol. The number of hydrogen-bond acceptors (Lipinski definition) is 3. The van der Waals surface area contributed by atoms with Crippen LogP contribution in [0.5, 0.6) is 5.75 Å². The quantitative estimate of drug-likeness (QED) is 0.915. The lowest BCUT2D eigenvalue weighted by atomic mass is 10.0. The van der Waals surface area contributed by atoms with Gasteiger partial charge in [-0.05, 0) is 24.6 Å². The van der Waals surface area contributed by atoms with E-state index in [0.717, 1.165) is 16.9 Å². The number of halogens is 1. The predicted molar refractivity (Wildman–Crippen MR) is 84.1 cm³/mol. The van der Waals surface area contributed by atoms with Crippen molar-refractivity contribution < 1.29 is 9.13 Å². The van der Waals surface area contributed by atoms with E-state index >= 15 is 0 Å². The highest BCUT2D eigenvalue weighted by atomic mass is 19.1. The molecule has 0 aromatic heterocycles. The Morgan fingerprint density at radius 3 is 2.57 bits per heavy atom. The average molecular weight is 288 g/mol. The van der Waals surface area contributed by atoms with Crippen molar-refractivity contribution in [1.82, 2.24) is 0 Å². The molecular weight excluding hydrogens is 267 g/mol. The minimum Gasteiger partial charge on any atom is -0.496 e. The fourth-order valence-corrected chi connectivity index (χ4v) is 2.47. The zero-order valence-electron chi connectivity index (χ0n) is 12.6. The molecule has 0 amide bonds. The molecule has 0 radical (unpaired) electrons. The van der Waals surface area contributed by atoms with Crippen molar-refractivity contribution in [3.05, 3.63) is 59.4 Å². The van der Waals surface area contributed by atoms with Crippen LogP contribution in [0.3, 0.4) is 0 Å². The molecule has 2 rings (SSSR count). The highest BCUT2D eigenvalue weighted by Crippen LogP contribution is 2.30. The van der Waals surface area contributed by atoms with Crippen molar-refractivity contribution in [2.45, 2.75) is 19.5 Å². The molecule has 0 spiro atoms. The zero-order valence-corrected chi connectivity index (χ0v) is 12.6. The third kappa shape index (κ3) is 3.34. The first-order chi connectivity index (χ1) is 10.0. The first kappa shape index (κ1) is 15.3. The minimum absolute atomic E-state index is 0.226. The normalized spacial score (nSPS) is 12.0. The van der Waals surface area contributed by atoms with Gasteiger partial charge in [-0.1, -0.05) is 30.3 Å². The van der Waals surface area contributed by atoms with Crippen molar-refractivity contribution in [2.75, 3.05) is 19.1 Å². The summed E-state index contributed by atoms with van der Waals surface area (Å²) in [6.07, 6.45) is 0. The van der Waals surface area contributed by atoms with E-state index in [1.807, 2.05) is 49.2 Å². The Balaban J connectivity index is 2.35. The van der Waals surface area contributed by atoms with Crippen LogP contribution in [0.2, 0.25) is 0 Å². The number of ether oxygens (including phenoxy) is 1. The summed E-state index contributed by atoms with van der Waals surface area (Å²) in [6.45, 7) is 2.40. The van der Waals surface area contributed by atoms with Crippen LogP contribution < -0.4 is 15.4 Å². The number of methoxy groups -OCH3 is 1. The first-order valence-corrected chi connectivity index (χ1v) is 6.91. The molecule has 0 fully saturated rings. The number of rotatable bonds is 5. The largest absolute Gasteiger partial charge is 0.496 e. The molecule has 0 heterocycles. The molecular formula is C17H21FN2O. The smallest absolute Gasteiger partial charge is 0.146 e. The van der Waals surface area contributed by atoms with Crippen molar-refractivity contribution in [3.63, 3.8) is 0 Å². The number of anilines is 1. The van der Waals surface area contributed by atoms with Crippen LogP contribution in [-0.2, 0) is 6.54 Å². The summed E-state index contributed by atoms with van der Waals surface area (Å²) in [7, 11) is 3.49. The van der Waals surface area contributed by atoms with Gasteiger partial charge in [0.15, 0.2) is 0 Å². The maximum Gasteiger partial charge on any atom is 0.146 e. The van der Waals surface area contributed by atoms with Crippen molar-refractivity contribution in [3.8, 4) is 5.75 Å². The number of para-hydroxylation sites is 2. The summed E-state index contributed by atoms with van der Waals surface area (Å²) >= 11 is 0. The second-order valence-electron chi connectivity index (χ2n) is 5.13. The highest BCUT2D eigenvalue weighted by Gasteiger charge is 2.16. The van der Waals surface area contributed by atoms with Gasteiger partial charge in [0, 0.05) is 25.2 Å². The van der Waals surface area contributed by atoms with Gasteiger partial charge in [-0.3, -0.25) is 0 Å². The van der Waals surface area contributed by atoms with Crippen LogP contribution >= 0.6 is 0 Å². The van der Waals surface area contributed by atoms with Gasteiger partial charge in [0.25, 0.3) is 0 Å². The number of hydrogen-bond donors (Lipinski definition) is 1. The van der Waals surface area contributed by atoms with E-state index in [1.54, 1.807) is 13.2 Å². The molecule has 0 bridgehead atoms. The van der Waals surface area contributed by atoms with Gasteiger partial charge >= 0.3 is 0 Å². The van der Waals surface area contributed by atoms with E-state index in [1.165, 1.54) is 6.07 Å². The topological polar surface area (TPSA) is 38.5 Å². The van der Waals surface area contributed by atoms with Gasteiger partial charge in [-0.15, -0.1) is 0 Å². The summed E-state index contributed by atoms with van der Waals surface area (Å²) in [5.41, 5.74) is 8.29. The fourth-order valence-electron chi connectivity index (χ4n) is 2.47. The number of nitrogens with zero attached hydrogens (tertiary/aromatic N) is 1. The molecule has 0 unspecified atom stereocenters. The minimum atomic E-state index is -0.262. The molecule has 2 aromatic rings. The third-order valence-electron chi connectivity index (χ3n) is 3.49. The van der Waals surface area contributed by atoms with Gasteiger partial charge < -0.3 is 15.4 Å². The van der Waals surface area contributed by atoms with E-state index in [0.29, 0.717) is 12.2 Å². The third-order valence-corrected chi connectivity index (χ3v) is 3.49. The molecule has 1 atom stereocenters. The highest BCUT2D eigenvalue weighted by molar-refractivity contribution is 5.56. The first-order valence-electron chi connectivity index (χ1n) is 6.91. The van der Waals surface area contributed by atoms with Gasteiger partial charge in [0.05, 0.1) is 12.8 Å². The molecule has 0 saturated carbocycles. The van der Waals surface area contributed by atoms with Crippen LogP contribution in [-0.4, -0.2) is 14.2 Å². The molecule has 112 valence electrons. The Bertz CT molecular complexity index is 613. The SMILES string of the molecule is COc1ccccc1CN(C)c1c(F)cccc1[C@@H](C)N. The summed E-state index contributed by atoms with van der Waals surface area (Å²) in [5, 5.41) is 0. The van der Waals surface area contributed by atoms with Crippen molar-refractivity contribution >= 4 is 5.69 Å². The van der Waals surface area contributed by atoms with Crippen LogP contribution in [0.15, 0.2) is 42.5 Å². The predicted octanol–water partition coefficient (Wildman–Crippen LogP) is 3.49. The molecule has 4 heteroatoms. The van der Waals surface area contributed by atoms with Gasteiger partial charge in [0.2, 0.25) is 0 Å². The molecule has 0 aliphatic carbocycles. The van der Waals surface area contributed by atoms with Crippen LogP contribution in [0.25, 0.3) is 0 Å². The summed E-state index contributed by atoms with van der Waals surface area (Å²) in [6, 6.07) is 12.5. The van der Waals surface area contributed by atoms with E-state index in [2.05, 4.69) is 0 Å². The summed E-state index contributed by atoms with van der Waals surface area (Å²) in [4.78, 5) is 1.87. The Kier molecular flexibility index (Phi) is 4.81. The molecule has 0 saturated heterocycles. The van der Waals surface area contributed by atoms with Crippen molar-refractivity contribution in [1.29, 1.82) is 0 Å². The Morgan fingerprint density at radius 1 is 1.19 bits per heavy atom. The molecule has 0 aliphatic heterocycles. The Hall–Kier alpha value is -2.07. The van der Waals surface area contributed by atoms with Gasteiger partial charge in [-0.25, -0.2) is 4.39 Å². The maximum atomic E-state index is 14.2. The Morgan fingerprint density at radius 2 is 1.90 bits per heavy atom.